The maximum atomic E-state index is 13.4. The first-order valence-corrected chi connectivity index (χ1v) is 13.1. The monoisotopic (exact) mass is 511 g/mol. The van der Waals surface area contributed by atoms with Crippen molar-refractivity contribution in [1.29, 1.82) is 0 Å². The highest BCUT2D eigenvalue weighted by molar-refractivity contribution is 8.14. The fourth-order valence-corrected chi connectivity index (χ4v) is 6.11. The van der Waals surface area contributed by atoms with E-state index in [1.54, 1.807) is 11.8 Å². The molecule has 2 fully saturated rings. The van der Waals surface area contributed by atoms with Crippen LogP contribution in [0.1, 0.15) is 45.1 Å². The number of rotatable bonds is 5. The van der Waals surface area contributed by atoms with Crippen LogP contribution in [-0.2, 0) is 11.0 Å². The number of thioether (sulfide) groups is 1. The summed E-state index contributed by atoms with van der Waals surface area (Å²) in [5.41, 5.74) is -1.06. The normalized spacial score (nSPS) is 23.4. The fraction of sp³-hybridized carbons (Fsp3) is 0.625. The first-order chi connectivity index (χ1) is 16.6. The Morgan fingerprint density at radius 1 is 1.17 bits per heavy atom. The number of piperidine rings is 1. The molecule has 1 aromatic rings. The molecule has 0 radical (unpaired) electrons. The van der Waals surface area contributed by atoms with E-state index in [0.29, 0.717) is 31.1 Å². The standard InChI is InChI=1S/C24H32F3N5O2S/c1-3-28-22(34)32-12-8-16(9-13-32)20-30-23(2,15-35-20)21(33)29-18-14-17(24(25,26)27)6-7-19(18)31-10-4-5-11-31/h6-7,14,16H,3-5,8-13,15H2,1-2H3,(H,28,34)(H,29,33). The zero-order valence-electron chi connectivity index (χ0n) is 20.1. The smallest absolute Gasteiger partial charge is 0.370 e. The van der Waals surface area contributed by atoms with Crippen LogP contribution in [0.2, 0.25) is 0 Å². The summed E-state index contributed by atoms with van der Waals surface area (Å²) in [6.07, 6.45) is -1.02. The zero-order valence-corrected chi connectivity index (χ0v) is 20.9. The molecule has 0 spiro atoms. The maximum Gasteiger partial charge on any atom is 0.416 e. The number of hydrogen-bond donors (Lipinski definition) is 2. The van der Waals surface area contributed by atoms with E-state index in [4.69, 9.17) is 4.99 Å². The molecule has 3 aliphatic heterocycles. The van der Waals surface area contributed by atoms with E-state index in [1.165, 1.54) is 17.8 Å². The Balaban J connectivity index is 1.47. The molecule has 11 heteroatoms. The molecule has 0 aliphatic carbocycles. The lowest BCUT2D eigenvalue weighted by Crippen LogP contribution is -2.45. The number of carbonyl (C=O) groups excluding carboxylic acids is 2. The number of halogens is 3. The molecular weight excluding hydrogens is 479 g/mol. The first kappa shape index (κ1) is 25.7. The highest BCUT2D eigenvalue weighted by Gasteiger charge is 2.41. The molecule has 0 bridgehead atoms. The molecule has 35 heavy (non-hydrogen) atoms. The van der Waals surface area contributed by atoms with Crippen LogP contribution in [0.15, 0.2) is 23.2 Å². The third-order valence-corrected chi connectivity index (χ3v) is 8.25. The third kappa shape index (κ3) is 5.70. The summed E-state index contributed by atoms with van der Waals surface area (Å²) < 4.78 is 40.2. The van der Waals surface area contributed by atoms with Crippen molar-refractivity contribution < 1.29 is 22.8 Å². The van der Waals surface area contributed by atoms with Gasteiger partial charge in [-0.25, -0.2) is 4.79 Å². The summed E-state index contributed by atoms with van der Waals surface area (Å²) >= 11 is 1.53. The predicted molar refractivity (Wildman–Crippen MR) is 133 cm³/mol. The zero-order chi connectivity index (χ0) is 25.2. The average Bonchev–Trinajstić information content (AvgIpc) is 3.50. The van der Waals surface area contributed by atoms with E-state index in [-0.39, 0.29) is 17.6 Å². The van der Waals surface area contributed by atoms with Crippen LogP contribution < -0.4 is 15.5 Å². The lowest BCUT2D eigenvalue weighted by molar-refractivity contribution is -0.137. The summed E-state index contributed by atoms with van der Waals surface area (Å²) in [5.74, 6) is 0.205. The molecule has 0 saturated carbocycles. The fourth-order valence-electron chi connectivity index (χ4n) is 4.74. The van der Waals surface area contributed by atoms with Crippen molar-refractivity contribution in [2.24, 2.45) is 10.9 Å². The van der Waals surface area contributed by atoms with Gasteiger partial charge in [0.1, 0.15) is 5.54 Å². The molecule has 3 heterocycles. The Morgan fingerprint density at radius 3 is 2.49 bits per heavy atom. The predicted octanol–water partition coefficient (Wildman–Crippen LogP) is 4.59. The van der Waals surface area contributed by atoms with Crippen LogP contribution in [0.5, 0.6) is 0 Å². The van der Waals surface area contributed by atoms with Crippen LogP contribution in [0.25, 0.3) is 0 Å². The van der Waals surface area contributed by atoms with Gasteiger partial charge in [0.2, 0.25) is 0 Å². The minimum absolute atomic E-state index is 0.0638. The van der Waals surface area contributed by atoms with Gasteiger partial charge in [-0.2, -0.15) is 13.2 Å². The van der Waals surface area contributed by atoms with Gasteiger partial charge in [0.15, 0.2) is 0 Å². The molecule has 4 rings (SSSR count). The van der Waals surface area contributed by atoms with Crippen LogP contribution in [0.3, 0.4) is 0 Å². The molecule has 2 saturated heterocycles. The molecule has 2 N–H and O–H groups in total. The van der Waals surface area contributed by atoms with Gasteiger partial charge in [-0.1, -0.05) is 0 Å². The minimum Gasteiger partial charge on any atom is -0.370 e. The number of aliphatic imine (C=N–C) groups is 1. The van der Waals surface area contributed by atoms with Crippen molar-refractivity contribution >= 4 is 40.1 Å². The Bertz CT molecular complexity index is 988. The molecule has 192 valence electrons. The van der Waals surface area contributed by atoms with Gasteiger partial charge in [-0.3, -0.25) is 9.79 Å². The SMILES string of the molecule is CCNC(=O)N1CCC(C2=NC(C)(C(=O)Nc3cc(C(F)(F)F)ccc3N3CCCC3)CS2)CC1. The Hall–Kier alpha value is -2.43. The molecule has 3 amide bonds. The maximum absolute atomic E-state index is 13.4. The molecule has 1 unspecified atom stereocenters. The van der Waals surface area contributed by atoms with E-state index in [1.807, 2.05) is 11.8 Å². The van der Waals surface area contributed by atoms with Crippen LogP contribution in [-0.4, -0.2) is 65.9 Å². The Kier molecular flexibility index (Phi) is 7.54. The number of hydrogen-bond acceptors (Lipinski definition) is 5. The number of anilines is 2. The van der Waals surface area contributed by atoms with Crippen LogP contribution in [0, 0.1) is 5.92 Å². The summed E-state index contributed by atoms with van der Waals surface area (Å²) in [5, 5.41) is 6.48. The number of carbonyl (C=O) groups is 2. The highest BCUT2D eigenvalue weighted by Crippen LogP contribution is 2.39. The van der Waals surface area contributed by atoms with E-state index >= 15 is 0 Å². The third-order valence-electron chi connectivity index (χ3n) is 6.83. The second-order valence-corrected chi connectivity index (χ2v) is 10.5. The summed E-state index contributed by atoms with van der Waals surface area (Å²) in [4.78, 5) is 33.9. The average molecular weight is 512 g/mol. The molecule has 1 atom stereocenters. The number of nitrogens with one attached hydrogen (secondary N) is 2. The largest absolute Gasteiger partial charge is 0.416 e. The van der Waals surface area contributed by atoms with Gasteiger partial charge in [-0.15, -0.1) is 11.8 Å². The van der Waals surface area contributed by atoms with Gasteiger partial charge in [0, 0.05) is 44.4 Å². The highest BCUT2D eigenvalue weighted by atomic mass is 32.2. The van der Waals surface area contributed by atoms with Gasteiger partial charge < -0.3 is 20.4 Å². The van der Waals surface area contributed by atoms with Gasteiger partial charge in [0.05, 0.1) is 22.0 Å². The molecule has 7 nitrogen and oxygen atoms in total. The number of amides is 3. The summed E-state index contributed by atoms with van der Waals surface area (Å²) in [7, 11) is 0. The van der Waals surface area contributed by atoms with Crippen molar-refractivity contribution in [1.82, 2.24) is 10.2 Å². The Morgan fingerprint density at radius 2 is 1.86 bits per heavy atom. The van der Waals surface area contributed by atoms with Gasteiger partial charge in [-0.05, 0) is 57.7 Å². The quantitative estimate of drug-likeness (QED) is 0.606. The van der Waals surface area contributed by atoms with Crippen molar-refractivity contribution in [3.8, 4) is 0 Å². The van der Waals surface area contributed by atoms with E-state index in [9.17, 15) is 22.8 Å². The number of alkyl halides is 3. The summed E-state index contributed by atoms with van der Waals surface area (Å²) in [6, 6.07) is 3.48. The molecule has 1 aromatic carbocycles. The first-order valence-electron chi connectivity index (χ1n) is 12.1. The van der Waals surface area contributed by atoms with Gasteiger partial charge in [0.25, 0.3) is 5.91 Å². The number of likely N-dealkylation sites (tertiary alicyclic amines) is 1. The lowest BCUT2D eigenvalue weighted by Gasteiger charge is -2.31. The molecule has 3 aliphatic rings. The number of nitrogens with zero attached hydrogens (tertiary/aromatic N) is 3. The number of benzene rings is 1. The molecular formula is C24H32F3N5O2S. The minimum atomic E-state index is -4.50. The second kappa shape index (κ2) is 10.3. The van der Waals surface area contributed by atoms with Crippen LogP contribution in [0.4, 0.5) is 29.3 Å². The van der Waals surface area contributed by atoms with Crippen molar-refractivity contribution in [3.05, 3.63) is 23.8 Å². The molecule has 0 aromatic heterocycles. The number of urea groups is 1. The summed E-state index contributed by atoms with van der Waals surface area (Å²) in [6.45, 7) is 6.95. The van der Waals surface area contributed by atoms with Crippen molar-refractivity contribution in [3.63, 3.8) is 0 Å². The van der Waals surface area contributed by atoms with E-state index < -0.39 is 23.2 Å². The Labute approximate surface area is 207 Å². The van der Waals surface area contributed by atoms with Crippen molar-refractivity contribution in [2.45, 2.75) is 51.2 Å². The van der Waals surface area contributed by atoms with E-state index in [0.717, 1.165) is 55.9 Å². The second-order valence-electron chi connectivity index (χ2n) is 9.49. The topological polar surface area (TPSA) is 77.0 Å². The van der Waals surface area contributed by atoms with Crippen molar-refractivity contribution in [2.75, 3.05) is 48.7 Å². The van der Waals surface area contributed by atoms with Crippen LogP contribution >= 0.6 is 11.8 Å². The van der Waals surface area contributed by atoms with Gasteiger partial charge >= 0.3 is 12.2 Å². The van der Waals surface area contributed by atoms with E-state index in [2.05, 4.69) is 10.6 Å². The lowest BCUT2D eigenvalue weighted by atomic mass is 9.97.